The van der Waals surface area contributed by atoms with Gasteiger partial charge in [0.25, 0.3) is 5.91 Å². The van der Waals surface area contributed by atoms with Gasteiger partial charge in [0.15, 0.2) is 0 Å². The monoisotopic (exact) mass is 336 g/mol. The van der Waals surface area contributed by atoms with E-state index in [9.17, 15) is 18.8 Å². The minimum absolute atomic E-state index is 0.134. The normalized spacial score (nSPS) is 15.2. The molecule has 6 nitrogen and oxygen atoms in total. The van der Waals surface area contributed by atoms with Crippen LogP contribution < -0.4 is 0 Å². The maximum absolute atomic E-state index is 13.9. The number of amides is 2. The van der Waals surface area contributed by atoms with Crippen molar-refractivity contribution in [1.29, 1.82) is 0 Å². The van der Waals surface area contributed by atoms with Crippen molar-refractivity contribution in [3.63, 3.8) is 0 Å². The first-order chi connectivity index (χ1) is 11.2. The maximum Gasteiger partial charge on any atom is 0.410 e. The first-order valence-corrected chi connectivity index (χ1v) is 7.73. The highest BCUT2D eigenvalue weighted by Crippen LogP contribution is 2.16. The highest BCUT2D eigenvalue weighted by atomic mass is 19.1. The number of hydrogen-bond donors (Lipinski definition) is 0. The number of piperazine rings is 1. The van der Waals surface area contributed by atoms with Gasteiger partial charge in [0.05, 0.1) is 5.56 Å². The Morgan fingerprint density at radius 3 is 2.25 bits per heavy atom. The van der Waals surface area contributed by atoms with Crippen molar-refractivity contribution in [2.24, 2.45) is 0 Å². The number of carbonyl (C=O) groups excluding carboxylic acids is 3. The lowest BCUT2D eigenvalue weighted by Gasteiger charge is -2.35. The molecule has 1 aliphatic heterocycles. The van der Waals surface area contributed by atoms with Crippen molar-refractivity contribution in [1.82, 2.24) is 9.80 Å². The van der Waals surface area contributed by atoms with Crippen LogP contribution in [0.5, 0.6) is 0 Å². The Labute approximate surface area is 140 Å². The van der Waals surface area contributed by atoms with Crippen LogP contribution in [0.15, 0.2) is 18.2 Å². The lowest BCUT2D eigenvalue weighted by molar-refractivity contribution is 0.0140. The number of carbonyl (C=O) groups is 3. The van der Waals surface area contributed by atoms with E-state index in [2.05, 4.69) is 0 Å². The average Bonchev–Trinajstić information content (AvgIpc) is 2.53. The van der Waals surface area contributed by atoms with E-state index < -0.39 is 23.4 Å². The second-order valence-electron chi connectivity index (χ2n) is 6.62. The molecule has 2 amide bonds. The SMILES string of the molecule is CC(C)(C)OC(=O)N1CCN(C(=O)c2cc(C=O)ccc2F)CC1. The molecule has 0 spiro atoms. The molecule has 1 heterocycles. The van der Waals surface area contributed by atoms with E-state index in [4.69, 9.17) is 4.74 Å². The molecule has 0 N–H and O–H groups in total. The molecule has 1 fully saturated rings. The zero-order chi connectivity index (χ0) is 17.9. The summed E-state index contributed by atoms with van der Waals surface area (Å²) in [5, 5.41) is 0. The van der Waals surface area contributed by atoms with Gasteiger partial charge in [-0.2, -0.15) is 0 Å². The third-order valence-corrected chi connectivity index (χ3v) is 3.58. The Morgan fingerprint density at radius 1 is 1.12 bits per heavy atom. The highest BCUT2D eigenvalue weighted by Gasteiger charge is 2.29. The van der Waals surface area contributed by atoms with Crippen LogP contribution in [0.25, 0.3) is 0 Å². The summed E-state index contributed by atoms with van der Waals surface area (Å²) in [4.78, 5) is 38.2. The highest BCUT2D eigenvalue weighted by molar-refractivity contribution is 5.96. The number of ether oxygens (including phenoxy) is 1. The summed E-state index contributed by atoms with van der Waals surface area (Å²) in [6.07, 6.45) is 0.139. The molecule has 0 aliphatic carbocycles. The van der Waals surface area contributed by atoms with Crippen molar-refractivity contribution in [2.75, 3.05) is 26.2 Å². The molecule has 0 unspecified atom stereocenters. The molecule has 0 radical (unpaired) electrons. The summed E-state index contributed by atoms with van der Waals surface area (Å²) < 4.78 is 19.1. The molecule has 7 heteroatoms. The molecule has 0 atom stereocenters. The average molecular weight is 336 g/mol. The molecular weight excluding hydrogens is 315 g/mol. The molecule has 0 aromatic heterocycles. The number of halogens is 1. The predicted molar refractivity (Wildman–Crippen MR) is 85.5 cm³/mol. The second-order valence-corrected chi connectivity index (χ2v) is 6.62. The largest absolute Gasteiger partial charge is 0.444 e. The van der Waals surface area contributed by atoms with Gasteiger partial charge in [-0.3, -0.25) is 9.59 Å². The molecule has 130 valence electrons. The lowest BCUT2D eigenvalue weighted by atomic mass is 10.1. The molecule has 1 aliphatic rings. The van der Waals surface area contributed by atoms with Gasteiger partial charge in [-0.05, 0) is 39.0 Å². The molecule has 24 heavy (non-hydrogen) atoms. The predicted octanol–water partition coefficient (Wildman–Crippen LogP) is 2.33. The molecular formula is C17H21FN2O4. The van der Waals surface area contributed by atoms with Gasteiger partial charge >= 0.3 is 6.09 Å². The van der Waals surface area contributed by atoms with E-state index in [1.54, 1.807) is 20.8 Å². The first-order valence-electron chi connectivity index (χ1n) is 7.73. The third kappa shape index (κ3) is 4.31. The van der Waals surface area contributed by atoms with Gasteiger partial charge in [-0.25, -0.2) is 9.18 Å². The van der Waals surface area contributed by atoms with Crippen molar-refractivity contribution in [3.05, 3.63) is 35.1 Å². The summed E-state index contributed by atoms with van der Waals surface area (Å²) in [5.74, 6) is -1.15. The topological polar surface area (TPSA) is 66.9 Å². The number of benzene rings is 1. The van der Waals surface area contributed by atoms with E-state index in [1.165, 1.54) is 21.9 Å². The van der Waals surface area contributed by atoms with Gasteiger partial charge < -0.3 is 14.5 Å². The molecule has 1 aromatic rings. The van der Waals surface area contributed by atoms with Crippen molar-refractivity contribution in [3.8, 4) is 0 Å². The van der Waals surface area contributed by atoms with Crippen molar-refractivity contribution >= 4 is 18.3 Å². The lowest BCUT2D eigenvalue weighted by Crippen LogP contribution is -2.51. The summed E-state index contributed by atoms with van der Waals surface area (Å²) in [6, 6.07) is 3.67. The van der Waals surface area contributed by atoms with Gasteiger partial charge in [0.1, 0.15) is 17.7 Å². The molecule has 1 aromatic carbocycles. The van der Waals surface area contributed by atoms with Crippen molar-refractivity contribution < 1.29 is 23.5 Å². The van der Waals surface area contributed by atoms with E-state index in [0.717, 1.165) is 6.07 Å². The minimum Gasteiger partial charge on any atom is -0.444 e. The zero-order valence-corrected chi connectivity index (χ0v) is 14.0. The van der Waals surface area contributed by atoms with Crippen LogP contribution in [0.2, 0.25) is 0 Å². The second kappa shape index (κ2) is 6.98. The first kappa shape index (κ1) is 17.9. The van der Waals surface area contributed by atoms with Gasteiger partial charge in [0, 0.05) is 31.7 Å². The van der Waals surface area contributed by atoms with Gasteiger partial charge in [-0.15, -0.1) is 0 Å². The summed E-state index contributed by atoms with van der Waals surface area (Å²) in [6.45, 7) is 6.55. The van der Waals surface area contributed by atoms with Gasteiger partial charge in [-0.1, -0.05) is 0 Å². The van der Waals surface area contributed by atoms with E-state index in [1.807, 2.05) is 0 Å². The number of aldehydes is 1. The number of nitrogens with zero attached hydrogens (tertiary/aromatic N) is 2. The Hall–Kier alpha value is -2.44. The van der Waals surface area contributed by atoms with Crippen LogP contribution in [0, 0.1) is 5.82 Å². The van der Waals surface area contributed by atoms with Gasteiger partial charge in [0.2, 0.25) is 0 Å². The van der Waals surface area contributed by atoms with Crippen LogP contribution in [0.4, 0.5) is 9.18 Å². The summed E-state index contributed by atoms with van der Waals surface area (Å²) in [7, 11) is 0. The molecule has 2 rings (SSSR count). The minimum atomic E-state index is -0.667. The summed E-state index contributed by atoms with van der Waals surface area (Å²) >= 11 is 0. The van der Waals surface area contributed by atoms with Crippen LogP contribution in [-0.2, 0) is 4.74 Å². The van der Waals surface area contributed by atoms with Crippen LogP contribution in [-0.4, -0.2) is 59.9 Å². The quantitative estimate of drug-likeness (QED) is 0.778. The zero-order valence-electron chi connectivity index (χ0n) is 14.0. The van der Waals surface area contributed by atoms with E-state index in [-0.39, 0.29) is 24.2 Å². The smallest absolute Gasteiger partial charge is 0.410 e. The molecule has 1 saturated heterocycles. The molecule has 0 bridgehead atoms. The fourth-order valence-electron chi connectivity index (χ4n) is 2.37. The number of hydrogen-bond acceptors (Lipinski definition) is 4. The van der Waals surface area contributed by atoms with E-state index >= 15 is 0 Å². The Morgan fingerprint density at radius 2 is 1.71 bits per heavy atom. The fourth-order valence-corrected chi connectivity index (χ4v) is 2.37. The molecule has 0 saturated carbocycles. The third-order valence-electron chi connectivity index (χ3n) is 3.58. The van der Waals surface area contributed by atoms with Crippen LogP contribution in [0.1, 0.15) is 41.5 Å². The van der Waals surface area contributed by atoms with Crippen molar-refractivity contribution in [2.45, 2.75) is 26.4 Å². The Kier molecular flexibility index (Phi) is 5.21. The number of rotatable bonds is 2. The standard InChI is InChI=1S/C17H21FN2O4/c1-17(2,3)24-16(23)20-8-6-19(7-9-20)15(22)13-10-12(11-21)4-5-14(13)18/h4-5,10-11H,6-9H2,1-3H3. The van der Waals surface area contributed by atoms with E-state index in [0.29, 0.717) is 19.4 Å². The Bertz CT molecular complexity index is 646. The van der Waals surface area contributed by atoms with Crippen LogP contribution in [0.3, 0.4) is 0 Å². The fraction of sp³-hybridized carbons (Fsp3) is 0.471. The Balaban J connectivity index is 2.01. The van der Waals surface area contributed by atoms with Crippen LogP contribution >= 0.6 is 0 Å². The maximum atomic E-state index is 13.9. The summed E-state index contributed by atoms with van der Waals surface area (Å²) in [5.41, 5.74) is -0.472.